The van der Waals surface area contributed by atoms with Crippen LogP contribution in [0.25, 0.3) is 11.0 Å². The summed E-state index contributed by atoms with van der Waals surface area (Å²) >= 11 is 0. The maximum atomic E-state index is 8.95. The van der Waals surface area contributed by atoms with Gasteiger partial charge in [0.2, 0.25) is 0 Å². The molecule has 4 nitrogen and oxygen atoms in total. The fourth-order valence-electron chi connectivity index (χ4n) is 2.09. The normalized spacial score (nSPS) is 16.4. The maximum absolute atomic E-state index is 8.95. The van der Waals surface area contributed by atoms with Crippen molar-refractivity contribution in [3.05, 3.63) is 30.6 Å². The van der Waals surface area contributed by atoms with Crippen molar-refractivity contribution < 1.29 is 0 Å². The predicted molar refractivity (Wildman–Crippen MR) is 67.3 cm³/mol. The van der Waals surface area contributed by atoms with Gasteiger partial charge in [-0.25, -0.2) is 4.98 Å². The summed E-state index contributed by atoms with van der Waals surface area (Å²) in [5.41, 5.74) is 7.12. The molecule has 0 spiro atoms. The maximum Gasteiger partial charge on any atom is 0.103 e. The van der Waals surface area contributed by atoms with E-state index in [1.54, 1.807) is 6.92 Å². The molecule has 0 bridgehead atoms. The van der Waals surface area contributed by atoms with Gasteiger partial charge in [-0.15, -0.1) is 0 Å². The fourth-order valence-corrected chi connectivity index (χ4v) is 2.09. The van der Waals surface area contributed by atoms with E-state index >= 15 is 0 Å². The Morgan fingerprint density at radius 1 is 1.53 bits per heavy atom. The second-order valence-electron chi connectivity index (χ2n) is 4.72. The van der Waals surface area contributed by atoms with Crippen molar-refractivity contribution in [3.63, 3.8) is 0 Å². The van der Waals surface area contributed by atoms with Gasteiger partial charge in [-0.3, -0.25) is 0 Å². The van der Waals surface area contributed by atoms with Crippen LogP contribution in [0.2, 0.25) is 0 Å². The van der Waals surface area contributed by atoms with Crippen molar-refractivity contribution in [1.82, 2.24) is 9.55 Å². The smallest absolute Gasteiger partial charge is 0.103 e. The Balaban J connectivity index is 2.32. The molecule has 0 saturated carbocycles. The van der Waals surface area contributed by atoms with Crippen LogP contribution in [0, 0.1) is 11.3 Å². The molecule has 0 aliphatic rings. The first-order valence-corrected chi connectivity index (χ1v) is 5.65. The Bertz CT molecular complexity index is 562. The minimum atomic E-state index is -0.801. The van der Waals surface area contributed by atoms with Gasteiger partial charge < -0.3 is 10.3 Å². The van der Waals surface area contributed by atoms with E-state index in [4.69, 9.17) is 11.0 Å². The molecule has 4 heteroatoms. The SMILES string of the molecule is CC(CC(C)(N)C#N)n1cnc2ccccc21. The lowest BCUT2D eigenvalue weighted by molar-refractivity contribution is 0.419. The molecule has 2 unspecified atom stereocenters. The van der Waals surface area contributed by atoms with E-state index in [1.807, 2.05) is 30.6 Å². The summed E-state index contributed by atoms with van der Waals surface area (Å²) in [4.78, 5) is 4.33. The summed E-state index contributed by atoms with van der Waals surface area (Å²) in [5, 5.41) is 8.95. The molecule has 88 valence electrons. The molecular formula is C13H16N4. The van der Waals surface area contributed by atoms with Gasteiger partial charge in [0, 0.05) is 6.04 Å². The summed E-state index contributed by atoms with van der Waals surface area (Å²) in [7, 11) is 0. The Morgan fingerprint density at radius 3 is 2.94 bits per heavy atom. The van der Waals surface area contributed by atoms with Gasteiger partial charge in [0.25, 0.3) is 0 Å². The van der Waals surface area contributed by atoms with Gasteiger partial charge in [0.05, 0.1) is 23.4 Å². The standard InChI is InChI=1S/C13H16N4/c1-10(7-13(2,15)8-14)17-9-16-11-5-3-4-6-12(11)17/h3-6,9-10H,7,15H2,1-2H3. The summed E-state index contributed by atoms with van der Waals surface area (Å²) < 4.78 is 2.07. The van der Waals surface area contributed by atoms with Crippen molar-refractivity contribution in [2.24, 2.45) is 5.73 Å². The van der Waals surface area contributed by atoms with E-state index in [2.05, 4.69) is 22.5 Å². The number of fused-ring (bicyclic) bond motifs is 1. The van der Waals surface area contributed by atoms with Crippen LogP contribution in [0.1, 0.15) is 26.3 Å². The van der Waals surface area contributed by atoms with E-state index in [9.17, 15) is 0 Å². The molecule has 0 amide bonds. The number of nitrogens with two attached hydrogens (primary N) is 1. The molecule has 2 atom stereocenters. The van der Waals surface area contributed by atoms with Crippen LogP contribution in [0.15, 0.2) is 30.6 Å². The molecule has 2 aromatic rings. The number of hydrogen-bond donors (Lipinski definition) is 1. The Kier molecular flexibility index (Phi) is 2.86. The Hall–Kier alpha value is -1.86. The number of nitrogens with zero attached hydrogens (tertiary/aromatic N) is 3. The van der Waals surface area contributed by atoms with E-state index in [0.717, 1.165) is 11.0 Å². The minimum absolute atomic E-state index is 0.150. The first-order valence-electron chi connectivity index (χ1n) is 5.65. The Morgan fingerprint density at radius 2 is 2.24 bits per heavy atom. The highest BCUT2D eigenvalue weighted by atomic mass is 15.1. The summed E-state index contributed by atoms with van der Waals surface area (Å²) in [6.07, 6.45) is 2.41. The number of nitriles is 1. The third kappa shape index (κ3) is 2.29. The topological polar surface area (TPSA) is 67.6 Å². The Labute approximate surface area is 101 Å². The number of benzene rings is 1. The molecule has 2 rings (SSSR count). The molecule has 1 heterocycles. The molecule has 17 heavy (non-hydrogen) atoms. The summed E-state index contributed by atoms with van der Waals surface area (Å²) in [6.45, 7) is 3.80. The van der Waals surface area contributed by atoms with Crippen LogP contribution in [-0.4, -0.2) is 15.1 Å². The highest BCUT2D eigenvalue weighted by molar-refractivity contribution is 5.75. The van der Waals surface area contributed by atoms with Crippen molar-refractivity contribution in [1.29, 1.82) is 5.26 Å². The van der Waals surface area contributed by atoms with E-state index in [0.29, 0.717) is 6.42 Å². The van der Waals surface area contributed by atoms with Crippen molar-refractivity contribution in [2.75, 3.05) is 0 Å². The molecule has 0 saturated heterocycles. The van der Waals surface area contributed by atoms with Gasteiger partial charge in [-0.05, 0) is 32.4 Å². The zero-order valence-electron chi connectivity index (χ0n) is 10.1. The van der Waals surface area contributed by atoms with Crippen LogP contribution in [0.3, 0.4) is 0 Å². The molecular weight excluding hydrogens is 212 g/mol. The minimum Gasteiger partial charge on any atom is -0.328 e. The number of imidazole rings is 1. The predicted octanol–water partition coefficient (Wildman–Crippen LogP) is 2.23. The van der Waals surface area contributed by atoms with Crippen LogP contribution in [-0.2, 0) is 0 Å². The highest BCUT2D eigenvalue weighted by Gasteiger charge is 2.22. The van der Waals surface area contributed by atoms with Gasteiger partial charge >= 0.3 is 0 Å². The fraction of sp³-hybridized carbons (Fsp3) is 0.385. The monoisotopic (exact) mass is 228 g/mol. The molecule has 2 N–H and O–H groups in total. The van der Waals surface area contributed by atoms with Gasteiger partial charge in [-0.2, -0.15) is 5.26 Å². The highest BCUT2D eigenvalue weighted by Crippen LogP contribution is 2.23. The molecule has 0 aliphatic heterocycles. The number of hydrogen-bond acceptors (Lipinski definition) is 3. The molecule has 0 radical (unpaired) electrons. The molecule has 1 aromatic carbocycles. The van der Waals surface area contributed by atoms with E-state index in [-0.39, 0.29) is 6.04 Å². The van der Waals surface area contributed by atoms with Gasteiger partial charge in [-0.1, -0.05) is 12.1 Å². The quantitative estimate of drug-likeness (QED) is 0.875. The van der Waals surface area contributed by atoms with Crippen molar-refractivity contribution in [3.8, 4) is 6.07 Å². The number of aromatic nitrogens is 2. The lowest BCUT2D eigenvalue weighted by atomic mass is 9.96. The first kappa shape index (κ1) is 11.6. The number of para-hydroxylation sites is 2. The van der Waals surface area contributed by atoms with E-state index in [1.165, 1.54) is 0 Å². The molecule has 1 aromatic heterocycles. The van der Waals surface area contributed by atoms with Gasteiger partial charge in [0.15, 0.2) is 0 Å². The zero-order valence-corrected chi connectivity index (χ0v) is 10.1. The van der Waals surface area contributed by atoms with Crippen molar-refractivity contribution >= 4 is 11.0 Å². The second-order valence-corrected chi connectivity index (χ2v) is 4.72. The third-order valence-corrected chi connectivity index (χ3v) is 2.93. The average molecular weight is 228 g/mol. The van der Waals surface area contributed by atoms with Crippen molar-refractivity contribution in [2.45, 2.75) is 31.8 Å². The summed E-state index contributed by atoms with van der Waals surface area (Å²) in [5.74, 6) is 0. The van der Waals surface area contributed by atoms with Crippen LogP contribution < -0.4 is 5.73 Å². The first-order chi connectivity index (χ1) is 8.03. The van der Waals surface area contributed by atoms with Gasteiger partial charge in [0.1, 0.15) is 5.54 Å². The molecule has 0 aliphatic carbocycles. The zero-order chi connectivity index (χ0) is 12.5. The van der Waals surface area contributed by atoms with Crippen LogP contribution in [0.5, 0.6) is 0 Å². The van der Waals surface area contributed by atoms with Crippen LogP contribution >= 0.6 is 0 Å². The lowest BCUT2D eigenvalue weighted by Gasteiger charge is -2.22. The van der Waals surface area contributed by atoms with Crippen LogP contribution in [0.4, 0.5) is 0 Å². The lowest BCUT2D eigenvalue weighted by Crippen LogP contribution is -2.36. The average Bonchev–Trinajstić information content (AvgIpc) is 2.72. The largest absolute Gasteiger partial charge is 0.328 e. The molecule has 0 fully saturated rings. The second kappa shape index (κ2) is 4.19. The third-order valence-electron chi connectivity index (χ3n) is 2.93. The summed E-state index contributed by atoms with van der Waals surface area (Å²) in [6, 6.07) is 10.2. The van der Waals surface area contributed by atoms with E-state index < -0.39 is 5.54 Å². The number of rotatable bonds is 3.